The maximum atomic E-state index is 10.5. The van der Waals surface area contributed by atoms with Crippen molar-refractivity contribution >= 4 is 5.97 Å². The van der Waals surface area contributed by atoms with Crippen LogP contribution in [0.25, 0.3) is 0 Å². The molecule has 0 unspecified atom stereocenters. The molecule has 0 spiro atoms. The van der Waals surface area contributed by atoms with Gasteiger partial charge in [-0.05, 0) is 0 Å². The molecule has 0 atom stereocenters. The number of aryl methyl sites for hydroxylation is 1. The number of carbonyl (C=O) groups is 1. The van der Waals surface area contributed by atoms with Gasteiger partial charge in [-0.2, -0.15) is 5.10 Å². The molecule has 1 aromatic rings. The number of nitrogens with zero attached hydrogens (tertiary/aromatic N) is 4. The zero-order valence-corrected chi connectivity index (χ0v) is 8.42. The van der Waals surface area contributed by atoms with Crippen molar-refractivity contribution in [2.45, 2.75) is 6.54 Å². The van der Waals surface area contributed by atoms with E-state index in [-0.39, 0.29) is 13.1 Å². The summed E-state index contributed by atoms with van der Waals surface area (Å²) in [5.74, 6) is 2.19. The summed E-state index contributed by atoms with van der Waals surface area (Å²) in [5.41, 5.74) is 0. The first kappa shape index (κ1) is 11.2. The number of rotatable bonds is 5. The molecule has 80 valence electrons. The second-order valence-corrected chi connectivity index (χ2v) is 3.04. The Morgan fingerprint density at radius 1 is 1.80 bits per heavy atom. The summed E-state index contributed by atoms with van der Waals surface area (Å²) in [5, 5.41) is 12.5. The number of hydrogen-bond donors (Lipinski definition) is 1. The molecule has 0 aliphatic heterocycles. The van der Waals surface area contributed by atoms with Crippen LogP contribution in [0.15, 0.2) is 6.33 Å². The van der Waals surface area contributed by atoms with E-state index in [1.165, 1.54) is 6.33 Å². The van der Waals surface area contributed by atoms with Crippen LogP contribution >= 0.6 is 0 Å². The molecule has 0 amide bonds. The Kier molecular flexibility index (Phi) is 3.83. The van der Waals surface area contributed by atoms with E-state index in [1.54, 1.807) is 16.6 Å². The Balaban J connectivity index is 2.63. The summed E-state index contributed by atoms with van der Waals surface area (Å²) >= 11 is 0. The minimum absolute atomic E-state index is 0.100. The van der Waals surface area contributed by atoms with Gasteiger partial charge in [0, 0.05) is 7.05 Å². The average Bonchev–Trinajstić information content (AvgIpc) is 2.51. The topological polar surface area (TPSA) is 71.2 Å². The Hall–Kier alpha value is -1.87. The SMILES string of the molecule is C#CCN(CC(=O)O)Cc1ncnn1C. The maximum absolute atomic E-state index is 10.5. The van der Waals surface area contributed by atoms with Crippen molar-refractivity contribution in [1.29, 1.82) is 0 Å². The molecular weight excluding hydrogens is 196 g/mol. The van der Waals surface area contributed by atoms with Crippen molar-refractivity contribution in [3.63, 3.8) is 0 Å². The Bertz CT molecular complexity index is 380. The van der Waals surface area contributed by atoms with Gasteiger partial charge in [-0.15, -0.1) is 6.42 Å². The van der Waals surface area contributed by atoms with Crippen molar-refractivity contribution in [1.82, 2.24) is 19.7 Å². The normalized spacial score (nSPS) is 10.2. The van der Waals surface area contributed by atoms with Crippen molar-refractivity contribution in [3.05, 3.63) is 12.2 Å². The van der Waals surface area contributed by atoms with E-state index < -0.39 is 5.97 Å². The molecular formula is C9H12N4O2. The summed E-state index contributed by atoms with van der Waals surface area (Å²) in [4.78, 5) is 16.1. The number of terminal acetylenes is 1. The third-order valence-electron chi connectivity index (χ3n) is 1.84. The molecule has 0 radical (unpaired) electrons. The Morgan fingerprint density at radius 3 is 3.00 bits per heavy atom. The standard InChI is InChI=1S/C9H12N4O2/c1-3-4-13(6-9(14)15)5-8-10-7-11-12(8)2/h1,7H,4-6H2,2H3,(H,14,15). The highest BCUT2D eigenvalue weighted by molar-refractivity contribution is 5.69. The first-order valence-electron chi connectivity index (χ1n) is 4.34. The van der Waals surface area contributed by atoms with Gasteiger partial charge in [0.1, 0.15) is 12.2 Å². The fraction of sp³-hybridized carbons (Fsp3) is 0.444. The fourth-order valence-electron chi connectivity index (χ4n) is 1.15. The molecule has 0 aliphatic carbocycles. The van der Waals surface area contributed by atoms with Gasteiger partial charge in [-0.1, -0.05) is 5.92 Å². The summed E-state index contributed by atoms with van der Waals surface area (Å²) in [6.07, 6.45) is 6.57. The highest BCUT2D eigenvalue weighted by atomic mass is 16.4. The van der Waals surface area contributed by atoms with Crippen molar-refractivity contribution in [2.24, 2.45) is 7.05 Å². The molecule has 6 heteroatoms. The number of carboxylic acid groups (broad SMARTS) is 1. The third-order valence-corrected chi connectivity index (χ3v) is 1.84. The number of carboxylic acids is 1. The molecule has 1 rings (SSSR count). The third kappa shape index (κ3) is 3.40. The zero-order chi connectivity index (χ0) is 11.3. The number of aromatic nitrogens is 3. The smallest absolute Gasteiger partial charge is 0.317 e. The molecule has 0 bridgehead atoms. The highest BCUT2D eigenvalue weighted by Crippen LogP contribution is 1.98. The van der Waals surface area contributed by atoms with Crippen LogP contribution in [-0.2, 0) is 18.4 Å². The van der Waals surface area contributed by atoms with Crippen LogP contribution in [0.1, 0.15) is 5.82 Å². The largest absolute Gasteiger partial charge is 0.480 e. The van der Waals surface area contributed by atoms with Gasteiger partial charge in [-0.3, -0.25) is 14.4 Å². The van der Waals surface area contributed by atoms with E-state index in [2.05, 4.69) is 16.0 Å². The molecule has 1 heterocycles. The quantitative estimate of drug-likeness (QED) is 0.650. The predicted octanol–water partition coefficient (Wildman–Crippen LogP) is -0.665. The minimum atomic E-state index is -0.910. The molecule has 1 N–H and O–H groups in total. The molecule has 0 aliphatic rings. The summed E-state index contributed by atoms with van der Waals surface area (Å²) in [7, 11) is 1.75. The highest BCUT2D eigenvalue weighted by Gasteiger charge is 2.11. The molecule has 6 nitrogen and oxygen atoms in total. The van der Waals surface area contributed by atoms with Crippen LogP contribution < -0.4 is 0 Å². The summed E-state index contributed by atoms with van der Waals surface area (Å²) < 4.78 is 1.59. The monoisotopic (exact) mass is 208 g/mol. The van der Waals surface area contributed by atoms with Gasteiger partial charge in [0.25, 0.3) is 0 Å². The number of hydrogen-bond acceptors (Lipinski definition) is 4. The van der Waals surface area contributed by atoms with Crippen LogP contribution in [-0.4, -0.2) is 43.8 Å². The average molecular weight is 208 g/mol. The van der Waals surface area contributed by atoms with Crippen LogP contribution in [0.5, 0.6) is 0 Å². The Morgan fingerprint density at radius 2 is 2.53 bits per heavy atom. The molecule has 1 aromatic heterocycles. The van der Waals surface area contributed by atoms with Crippen LogP contribution in [0.4, 0.5) is 0 Å². The molecule has 15 heavy (non-hydrogen) atoms. The predicted molar refractivity (Wildman–Crippen MR) is 52.7 cm³/mol. The molecule has 0 saturated heterocycles. The lowest BCUT2D eigenvalue weighted by molar-refractivity contribution is -0.138. The summed E-state index contributed by atoms with van der Waals surface area (Å²) in [6, 6.07) is 0. The van der Waals surface area contributed by atoms with E-state index >= 15 is 0 Å². The summed E-state index contributed by atoms with van der Waals surface area (Å²) in [6.45, 7) is 0.559. The first-order chi connectivity index (χ1) is 7.13. The van der Waals surface area contributed by atoms with Crippen LogP contribution in [0.2, 0.25) is 0 Å². The zero-order valence-electron chi connectivity index (χ0n) is 8.42. The van der Waals surface area contributed by atoms with Gasteiger partial charge >= 0.3 is 5.97 Å². The Labute approximate surface area is 87.5 Å². The second-order valence-electron chi connectivity index (χ2n) is 3.04. The maximum Gasteiger partial charge on any atom is 0.317 e. The van der Waals surface area contributed by atoms with E-state index in [4.69, 9.17) is 11.5 Å². The van der Waals surface area contributed by atoms with Crippen LogP contribution in [0, 0.1) is 12.3 Å². The first-order valence-corrected chi connectivity index (χ1v) is 4.34. The van der Waals surface area contributed by atoms with Crippen LogP contribution in [0.3, 0.4) is 0 Å². The van der Waals surface area contributed by atoms with E-state index in [0.29, 0.717) is 12.4 Å². The second kappa shape index (κ2) is 5.12. The fourth-order valence-corrected chi connectivity index (χ4v) is 1.15. The molecule has 0 aromatic carbocycles. The van der Waals surface area contributed by atoms with Gasteiger partial charge in [0.2, 0.25) is 0 Å². The molecule has 0 saturated carbocycles. The van der Waals surface area contributed by atoms with E-state index in [0.717, 1.165) is 0 Å². The van der Waals surface area contributed by atoms with E-state index in [9.17, 15) is 4.79 Å². The van der Waals surface area contributed by atoms with Gasteiger partial charge in [0.15, 0.2) is 0 Å². The van der Waals surface area contributed by atoms with Crippen molar-refractivity contribution in [2.75, 3.05) is 13.1 Å². The lowest BCUT2D eigenvalue weighted by Crippen LogP contribution is -2.30. The van der Waals surface area contributed by atoms with E-state index in [1.807, 2.05) is 0 Å². The van der Waals surface area contributed by atoms with Crippen molar-refractivity contribution < 1.29 is 9.90 Å². The minimum Gasteiger partial charge on any atom is -0.480 e. The number of aliphatic carboxylic acids is 1. The lowest BCUT2D eigenvalue weighted by Gasteiger charge is -2.15. The van der Waals surface area contributed by atoms with Crippen molar-refractivity contribution in [3.8, 4) is 12.3 Å². The van der Waals surface area contributed by atoms with Gasteiger partial charge in [-0.25, -0.2) is 4.98 Å². The lowest BCUT2D eigenvalue weighted by atomic mass is 10.4. The van der Waals surface area contributed by atoms with Gasteiger partial charge < -0.3 is 5.11 Å². The van der Waals surface area contributed by atoms with Gasteiger partial charge in [0.05, 0.1) is 19.6 Å². The molecule has 0 fully saturated rings.